The van der Waals surface area contributed by atoms with Gasteiger partial charge in [0.05, 0.1) is 0 Å². The van der Waals surface area contributed by atoms with Crippen molar-refractivity contribution in [2.45, 2.75) is 19.5 Å². The first-order valence-electron chi connectivity index (χ1n) is 6.49. The van der Waals surface area contributed by atoms with Crippen LogP contribution in [0, 0.1) is 0 Å². The number of amides is 1. The molecule has 1 amide bonds. The summed E-state index contributed by atoms with van der Waals surface area (Å²) < 4.78 is 0. The maximum atomic E-state index is 12.0. The fraction of sp³-hybridized carbons (Fsp3) is 0.188. The summed E-state index contributed by atoms with van der Waals surface area (Å²) in [6.45, 7) is 2.36. The van der Waals surface area contributed by atoms with Crippen LogP contribution in [-0.4, -0.2) is 11.9 Å². The quantitative estimate of drug-likeness (QED) is 0.885. The fourth-order valence-electron chi connectivity index (χ4n) is 1.80. The van der Waals surface area contributed by atoms with Gasteiger partial charge in [-0.1, -0.05) is 41.9 Å². The predicted octanol–water partition coefficient (Wildman–Crippen LogP) is 3.46. The first-order valence-corrected chi connectivity index (χ1v) is 6.86. The topological polar surface area (TPSA) is 41.1 Å². The van der Waals surface area contributed by atoms with Crippen LogP contribution >= 0.6 is 11.6 Å². The highest BCUT2D eigenvalue weighted by molar-refractivity contribution is 6.30. The van der Waals surface area contributed by atoms with E-state index in [0.717, 1.165) is 11.3 Å². The van der Waals surface area contributed by atoms with Gasteiger partial charge in [0, 0.05) is 17.3 Å². The standard InChI is InChI=1S/C16H17ClN2O/c1-12(19-15-9-7-14(17)8-10-15)16(20)18-11-13-5-3-2-4-6-13/h2-10,12,19H,11H2,1H3,(H,18,20). The van der Waals surface area contributed by atoms with Crippen LogP contribution in [0.15, 0.2) is 54.6 Å². The minimum Gasteiger partial charge on any atom is -0.374 e. The molecule has 0 aliphatic rings. The Morgan fingerprint density at radius 3 is 2.40 bits per heavy atom. The number of carbonyl (C=O) groups excluding carboxylic acids is 1. The van der Waals surface area contributed by atoms with Gasteiger partial charge in [-0.25, -0.2) is 0 Å². The summed E-state index contributed by atoms with van der Waals surface area (Å²) in [4.78, 5) is 12.0. The zero-order valence-corrected chi connectivity index (χ0v) is 12.0. The van der Waals surface area contributed by atoms with E-state index in [0.29, 0.717) is 11.6 Å². The second-order valence-electron chi connectivity index (χ2n) is 4.58. The number of hydrogen-bond acceptors (Lipinski definition) is 2. The Hall–Kier alpha value is -2.00. The molecule has 2 aromatic rings. The Morgan fingerprint density at radius 2 is 1.75 bits per heavy atom. The third kappa shape index (κ3) is 4.28. The van der Waals surface area contributed by atoms with E-state index in [9.17, 15) is 4.79 Å². The number of hydrogen-bond donors (Lipinski definition) is 2. The lowest BCUT2D eigenvalue weighted by Gasteiger charge is -2.15. The molecule has 0 bridgehead atoms. The van der Waals surface area contributed by atoms with E-state index in [-0.39, 0.29) is 11.9 Å². The Balaban J connectivity index is 1.84. The van der Waals surface area contributed by atoms with Crippen LogP contribution in [-0.2, 0) is 11.3 Å². The van der Waals surface area contributed by atoms with E-state index in [1.807, 2.05) is 49.4 Å². The molecule has 0 aliphatic heterocycles. The van der Waals surface area contributed by atoms with Crippen LogP contribution < -0.4 is 10.6 Å². The van der Waals surface area contributed by atoms with Crippen molar-refractivity contribution in [2.24, 2.45) is 0 Å². The SMILES string of the molecule is CC(Nc1ccc(Cl)cc1)C(=O)NCc1ccccc1. The van der Waals surface area contributed by atoms with Crippen molar-refractivity contribution in [3.63, 3.8) is 0 Å². The Morgan fingerprint density at radius 1 is 1.10 bits per heavy atom. The molecular weight excluding hydrogens is 272 g/mol. The number of rotatable bonds is 5. The summed E-state index contributed by atoms with van der Waals surface area (Å²) in [5.74, 6) is -0.0381. The summed E-state index contributed by atoms with van der Waals surface area (Å²) in [7, 11) is 0. The lowest BCUT2D eigenvalue weighted by molar-refractivity contribution is -0.121. The number of halogens is 1. The molecule has 2 N–H and O–H groups in total. The van der Waals surface area contributed by atoms with Crippen LogP contribution in [0.1, 0.15) is 12.5 Å². The molecule has 0 spiro atoms. The van der Waals surface area contributed by atoms with Gasteiger partial charge < -0.3 is 10.6 Å². The van der Waals surface area contributed by atoms with Crippen molar-refractivity contribution < 1.29 is 4.79 Å². The van der Waals surface area contributed by atoms with Crippen LogP contribution in [0.5, 0.6) is 0 Å². The van der Waals surface area contributed by atoms with Crippen LogP contribution in [0.25, 0.3) is 0 Å². The molecule has 0 radical (unpaired) electrons. The molecule has 104 valence electrons. The van der Waals surface area contributed by atoms with Crippen molar-refractivity contribution in [1.82, 2.24) is 5.32 Å². The third-order valence-corrected chi connectivity index (χ3v) is 3.18. The highest BCUT2D eigenvalue weighted by Gasteiger charge is 2.11. The maximum Gasteiger partial charge on any atom is 0.242 e. The van der Waals surface area contributed by atoms with Gasteiger partial charge in [0.1, 0.15) is 6.04 Å². The smallest absolute Gasteiger partial charge is 0.242 e. The molecule has 20 heavy (non-hydrogen) atoms. The van der Waals surface area contributed by atoms with Gasteiger partial charge in [-0.15, -0.1) is 0 Å². The number of nitrogens with one attached hydrogen (secondary N) is 2. The second-order valence-corrected chi connectivity index (χ2v) is 5.01. The normalized spacial score (nSPS) is 11.7. The van der Waals surface area contributed by atoms with Gasteiger partial charge in [-0.2, -0.15) is 0 Å². The van der Waals surface area contributed by atoms with E-state index < -0.39 is 0 Å². The fourth-order valence-corrected chi connectivity index (χ4v) is 1.93. The number of benzene rings is 2. The molecular formula is C16H17ClN2O. The monoisotopic (exact) mass is 288 g/mol. The maximum absolute atomic E-state index is 12.0. The van der Waals surface area contributed by atoms with Gasteiger partial charge >= 0.3 is 0 Å². The zero-order valence-electron chi connectivity index (χ0n) is 11.3. The molecule has 0 saturated heterocycles. The molecule has 0 aliphatic carbocycles. The average Bonchev–Trinajstić information content (AvgIpc) is 2.48. The first-order chi connectivity index (χ1) is 9.65. The van der Waals surface area contributed by atoms with Crippen LogP contribution in [0.2, 0.25) is 5.02 Å². The lowest BCUT2D eigenvalue weighted by atomic mass is 10.2. The average molecular weight is 289 g/mol. The molecule has 0 saturated carbocycles. The first kappa shape index (κ1) is 14.4. The Bertz CT molecular complexity index is 554. The number of carbonyl (C=O) groups is 1. The van der Waals surface area contributed by atoms with E-state index in [2.05, 4.69) is 10.6 Å². The number of anilines is 1. The summed E-state index contributed by atoms with van der Waals surface area (Å²) in [6, 6.07) is 16.8. The van der Waals surface area contributed by atoms with E-state index in [1.165, 1.54) is 0 Å². The second kappa shape index (κ2) is 6.96. The van der Waals surface area contributed by atoms with Crippen molar-refractivity contribution >= 4 is 23.2 Å². The molecule has 2 aromatic carbocycles. The minimum atomic E-state index is -0.306. The largest absolute Gasteiger partial charge is 0.374 e. The molecule has 2 rings (SSSR count). The summed E-state index contributed by atoms with van der Waals surface area (Å²) >= 11 is 5.82. The molecule has 1 atom stereocenters. The van der Waals surface area contributed by atoms with Crippen molar-refractivity contribution in [2.75, 3.05) is 5.32 Å². The molecule has 0 aromatic heterocycles. The van der Waals surface area contributed by atoms with Gasteiger partial charge in [0.2, 0.25) is 5.91 Å². The van der Waals surface area contributed by atoms with Gasteiger partial charge in [-0.05, 0) is 36.8 Å². The van der Waals surface area contributed by atoms with E-state index in [1.54, 1.807) is 12.1 Å². The summed E-state index contributed by atoms with van der Waals surface area (Å²) in [6.07, 6.45) is 0. The minimum absolute atomic E-state index is 0.0381. The van der Waals surface area contributed by atoms with Crippen LogP contribution in [0.3, 0.4) is 0 Å². The Labute approximate surface area is 124 Å². The molecule has 4 heteroatoms. The Kier molecular flexibility index (Phi) is 5.02. The van der Waals surface area contributed by atoms with Crippen molar-refractivity contribution in [3.8, 4) is 0 Å². The van der Waals surface area contributed by atoms with Gasteiger partial charge in [0.15, 0.2) is 0 Å². The van der Waals surface area contributed by atoms with Crippen LogP contribution in [0.4, 0.5) is 5.69 Å². The zero-order chi connectivity index (χ0) is 14.4. The molecule has 0 heterocycles. The summed E-state index contributed by atoms with van der Waals surface area (Å²) in [5.41, 5.74) is 1.95. The van der Waals surface area contributed by atoms with Crippen molar-refractivity contribution in [1.29, 1.82) is 0 Å². The highest BCUT2D eigenvalue weighted by Crippen LogP contribution is 2.14. The lowest BCUT2D eigenvalue weighted by Crippen LogP contribution is -2.37. The van der Waals surface area contributed by atoms with E-state index in [4.69, 9.17) is 11.6 Å². The van der Waals surface area contributed by atoms with Gasteiger partial charge in [-0.3, -0.25) is 4.79 Å². The predicted molar refractivity (Wildman–Crippen MR) is 82.8 cm³/mol. The molecule has 0 fully saturated rings. The van der Waals surface area contributed by atoms with E-state index >= 15 is 0 Å². The molecule has 3 nitrogen and oxygen atoms in total. The third-order valence-electron chi connectivity index (χ3n) is 2.93. The van der Waals surface area contributed by atoms with Crippen molar-refractivity contribution in [3.05, 3.63) is 65.2 Å². The summed E-state index contributed by atoms with van der Waals surface area (Å²) in [5, 5.41) is 6.71. The molecule has 1 unspecified atom stereocenters. The van der Waals surface area contributed by atoms with Gasteiger partial charge in [0.25, 0.3) is 0 Å². The highest BCUT2D eigenvalue weighted by atomic mass is 35.5.